The van der Waals surface area contributed by atoms with Crippen molar-refractivity contribution in [3.8, 4) is 11.5 Å². The molecule has 35 heavy (non-hydrogen) atoms. The van der Waals surface area contributed by atoms with Gasteiger partial charge in [0.25, 0.3) is 0 Å². The van der Waals surface area contributed by atoms with Crippen molar-refractivity contribution in [2.75, 3.05) is 6.61 Å². The number of rotatable bonds is 6. The van der Waals surface area contributed by atoms with Crippen LogP contribution in [0.3, 0.4) is 0 Å². The van der Waals surface area contributed by atoms with E-state index in [2.05, 4.69) is 40.3 Å². The Hall–Kier alpha value is -2.86. The summed E-state index contributed by atoms with van der Waals surface area (Å²) in [6, 6.07) is 12.2. The summed E-state index contributed by atoms with van der Waals surface area (Å²) in [5.41, 5.74) is 6.59. The number of aryl methyl sites for hydroxylation is 1. The van der Waals surface area contributed by atoms with Crippen LogP contribution < -0.4 is 14.8 Å². The molecule has 6 heteroatoms. The fourth-order valence-corrected chi connectivity index (χ4v) is 6.01. The largest absolute Gasteiger partial charge is 0.490 e. The average Bonchev–Trinajstić information content (AvgIpc) is 2.83. The van der Waals surface area contributed by atoms with Gasteiger partial charge in [-0.05, 0) is 78.7 Å². The minimum Gasteiger partial charge on any atom is -0.490 e. The van der Waals surface area contributed by atoms with Crippen molar-refractivity contribution in [1.29, 1.82) is 0 Å². The van der Waals surface area contributed by atoms with Gasteiger partial charge in [-0.15, -0.1) is 0 Å². The van der Waals surface area contributed by atoms with Crippen LogP contribution in [0.4, 0.5) is 0 Å². The summed E-state index contributed by atoms with van der Waals surface area (Å²) in [5.74, 6) is 1.12. The molecule has 3 aliphatic rings. The second kappa shape index (κ2) is 10.0. The van der Waals surface area contributed by atoms with Crippen molar-refractivity contribution in [3.05, 3.63) is 80.1 Å². The number of allylic oxidation sites excluding steroid dienone is 4. The van der Waals surface area contributed by atoms with Gasteiger partial charge in [0.2, 0.25) is 0 Å². The second-order valence-corrected chi connectivity index (χ2v) is 10.3. The van der Waals surface area contributed by atoms with E-state index in [9.17, 15) is 9.59 Å². The van der Waals surface area contributed by atoms with E-state index in [1.54, 1.807) is 0 Å². The van der Waals surface area contributed by atoms with Crippen molar-refractivity contribution >= 4 is 27.5 Å². The molecule has 0 fully saturated rings. The Morgan fingerprint density at radius 1 is 0.943 bits per heavy atom. The Kier molecular flexibility index (Phi) is 6.83. The number of carbonyl (C=O) groups excluding carboxylic acids is 2. The Morgan fingerprint density at radius 3 is 2.26 bits per heavy atom. The van der Waals surface area contributed by atoms with Gasteiger partial charge in [0.1, 0.15) is 6.61 Å². The molecule has 5 rings (SSSR count). The van der Waals surface area contributed by atoms with Crippen molar-refractivity contribution < 1.29 is 19.1 Å². The lowest BCUT2D eigenvalue weighted by Crippen LogP contribution is -2.36. The lowest BCUT2D eigenvalue weighted by Gasteiger charge is -2.37. The number of halogens is 1. The average molecular weight is 536 g/mol. The van der Waals surface area contributed by atoms with Gasteiger partial charge in [0.15, 0.2) is 23.1 Å². The molecule has 182 valence electrons. The molecule has 5 nitrogen and oxygen atoms in total. The molecule has 1 N–H and O–H groups in total. The lowest BCUT2D eigenvalue weighted by atomic mass is 9.71. The molecule has 0 saturated carbocycles. The van der Waals surface area contributed by atoms with E-state index in [-0.39, 0.29) is 17.5 Å². The molecule has 0 atom stereocenters. The maximum absolute atomic E-state index is 13.1. The predicted molar refractivity (Wildman–Crippen MR) is 138 cm³/mol. The first kappa shape index (κ1) is 23.9. The molecule has 2 aromatic rings. The van der Waals surface area contributed by atoms with E-state index in [1.807, 2.05) is 31.2 Å². The van der Waals surface area contributed by atoms with E-state index in [4.69, 9.17) is 9.47 Å². The topological polar surface area (TPSA) is 64.6 Å². The van der Waals surface area contributed by atoms with E-state index in [1.165, 1.54) is 5.56 Å². The van der Waals surface area contributed by atoms with Crippen LogP contribution in [-0.4, -0.2) is 18.2 Å². The Balaban J connectivity index is 1.57. The molecule has 0 saturated heterocycles. The molecule has 0 amide bonds. The van der Waals surface area contributed by atoms with Gasteiger partial charge in [-0.1, -0.05) is 29.8 Å². The van der Waals surface area contributed by atoms with Crippen LogP contribution in [0.5, 0.6) is 11.5 Å². The third-order valence-corrected chi connectivity index (χ3v) is 7.51. The van der Waals surface area contributed by atoms with Gasteiger partial charge in [-0.25, -0.2) is 0 Å². The van der Waals surface area contributed by atoms with Crippen LogP contribution in [0.1, 0.15) is 68.1 Å². The highest BCUT2D eigenvalue weighted by atomic mass is 79.9. The maximum Gasteiger partial charge on any atom is 0.175 e. The smallest absolute Gasteiger partial charge is 0.175 e. The van der Waals surface area contributed by atoms with Crippen LogP contribution in [0.15, 0.2) is 63.4 Å². The number of hydrogen-bond acceptors (Lipinski definition) is 5. The van der Waals surface area contributed by atoms with Crippen LogP contribution in [-0.2, 0) is 16.2 Å². The van der Waals surface area contributed by atoms with Crippen molar-refractivity contribution in [2.45, 2.75) is 64.9 Å². The molecular weight excluding hydrogens is 506 g/mol. The van der Waals surface area contributed by atoms with Gasteiger partial charge < -0.3 is 14.8 Å². The summed E-state index contributed by atoms with van der Waals surface area (Å²) < 4.78 is 13.0. The number of carbonyl (C=O) groups is 2. The zero-order valence-electron chi connectivity index (χ0n) is 20.2. The molecule has 0 unspecified atom stereocenters. The van der Waals surface area contributed by atoms with Crippen LogP contribution in [0.2, 0.25) is 0 Å². The first-order valence-electron chi connectivity index (χ1n) is 12.4. The number of Topliss-reactive ketones (excluding diaryl/α,β-unsaturated/α-hetero) is 2. The van der Waals surface area contributed by atoms with Gasteiger partial charge in [-0.2, -0.15) is 0 Å². The van der Waals surface area contributed by atoms with Gasteiger partial charge in [0, 0.05) is 41.3 Å². The molecule has 2 aliphatic carbocycles. The SMILES string of the molecule is CCOc1cc(C2C3=C(CCCC3=O)NC3=C2C(=O)CCC3)cc(Br)c1OCc1cccc(C)c1. The highest BCUT2D eigenvalue weighted by Gasteiger charge is 2.40. The first-order valence-corrected chi connectivity index (χ1v) is 13.2. The fraction of sp³-hybridized carbons (Fsp3) is 0.379. The van der Waals surface area contributed by atoms with Gasteiger partial charge in [0.05, 0.1) is 11.1 Å². The third kappa shape index (κ3) is 4.68. The van der Waals surface area contributed by atoms with Crippen LogP contribution in [0.25, 0.3) is 0 Å². The molecule has 0 aromatic heterocycles. The predicted octanol–water partition coefficient (Wildman–Crippen LogP) is 6.44. The normalized spacial score (nSPS) is 18.3. The summed E-state index contributed by atoms with van der Waals surface area (Å²) in [6.07, 6.45) is 4.39. The quantitative estimate of drug-likeness (QED) is 0.461. The fourth-order valence-electron chi connectivity index (χ4n) is 5.43. The maximum atomic E-state index is 13.1. The van der Waals surface area contributed by atoms with Gasteiger partial charge in [-0.3, -0.25) is 9.59 Å². The highest BCUT2D eigenvalue weighted by Crippen LogP contribution is 2.48. The number of benzene rings is 2. The first-order chi connectivity index (χ1) is 17.0. The summed E-state index contributed by atoms with van der Waals surface area (Å²) in [7, 11) is 0. The monoisotopic (exact) mass is 535 g/mol. The van der Waals surface area contributed by atoms with E-state index in [0.29, 0.717) is 37.6 Å². The zero-order valence-corrected chi connectivity index (χ0v) is 21.8. The van der Waals surface area contributed by atoms with Crippen LogP contribution in [0, 0.1) is 6.92 Å². The minimum absolute atomic E-state index is 0.127. The summed E-state index contributed by atoms with van der Waals surface area (Å²) >= 11 is 3.71. The zero-order chi connectivity index (χ0) is 24.5. The molecule has 0 radical (unpaired) electrons. The van der Waals surface area contributed by atoms with Crippen molar-refractivity contribution in [3.63, 3.8) is 0 Å². The Morgan fingerprint density at radius 2 is 1.63 bits per heavy atom. The van der Waals surface area contributed by atoms with Gasteiger partial charge >= 0.3 is 0 Å². The van der Waals surface area contributed by atoms with Crippen molar-refractivity contribution in [1.82, 2.24) is 5.32 Å². The molecule has 0 spiro atoms. The number of ketones is 2. The number of dihydropyridines is 1. The van der Waals surface area contributed by atoms with Crippen LogP contribution >= 0.6 is 15.9 Å². The van der Waals surface area contributed by atoms with E-state index < -0.39 is 0 Å². The molecule has 2 aromatic carbocycles. The number of nitrogens with one attached hydrogen (secondary N) is 1. The minimum atomic E-state index is -0.372. The number of ether oxygens (including phenoxy) is 2. The standard InChI is InChI=1S/C29H30BrNO4/c1-3-34-25-15-19(14-20(30)29(25)35-16-18-8-4-7-17(2)13-18)26-27-21(9-5-11-23(27)32)31-22-10-6-12-24(33)28(22)26/h4,7-8,13-15,26,31H,3,5-6,9-12,16H2,1-2H3. The lowest BCUT2D eigenvalue weighted by molar-refractivity contribution is -0.116. The summed E-state index contributed by atoms with van der Waals surface area (Å²) in [5, 5.41) is 3.48. The molecule has 1 aliphatic heterocycles. The van der Waals surface area contributed by atoms with E-state index >= 15 is 0 Å². The Labute approximate surface area is 214 Å². The Bertz CT molecular complexity index is 1220. The second-order valence-electron chi connectivity index (χ2n) is 9.44. The van der Waals surface area contributed by atoms with E-state index in [0.717, 1.165) is 63.8 Å². The third-order valence-electron chi connectivity index (χ3n) is 6.92. The highest BCUT2D eigenvalue weighted by molar-refractivity contribution is 9.10. The van der Waals surface area contributed by atoms with Crippen molar-refractivity contribution in [2.24, 2.45) is 0 Å². The summed E-state index contributed by atoms with van der Waals surface area (Å²) in [4.78, 5) is 26.3. The summed E-state index contributed by atoms with van der Waals surface area (Å²) in [6.45, 7) is 4.88. The molecule has 1 heterocycles. The molecular formula is C29H30BrNO4. The number of hydrogen-bond donors (Lipinski definition) is 1. The molecule has 0 bridgehead atoms.